The number of ether oxygens (including phenoxy) is 2. The van der Waals surface area contributed by atoms with Crippen LogP contribution in [0.4, 0.5) is 0 Å². The molecular weight excluding hydrogens is 222 g/mol. The van der Waals surface area contributed by atoms with Gasteiger partial charge in [-0.15, -0.1) is 0 Å². The average molecular weight is 237 g/mol. The second kappa shape index (κ2) is 4.91. The summed E-state index contributed by atoms with van der Waals surface area (Å²) in [6, 6.07) is 5.95. The third-order valence-corrected chi connectivity index (χ3v) is 2.94. The minimum Gasteiger partial charge on any atom is -0.389 e. The van der Waals surface area contributed by atoms with Gasteiger partial charge in [-0.2, -0.15) is 0 Å². The summed E-state index contributed by atoms with van der Waals surface area (Å²) in [5, 5.41) is 0. The van der Waals surface area contributed by atoms with Gasteiger partial charge >= 0.3 is 0 Å². The van der Waals surface area contributed by atoms with Gasteiger partial charge in [0.25, 0.3) is 0 Å². The van der Waals surface area contributed by atoms with Crippen LogP contribution in [0.5, 0.6) is 0 Å². The predicted octanol–water partition coefficient (Wildman–Crippen LogP) is 1.54. The van der Waals surface area contributed by atoms with E-state index in [1.165, 1.54) is 5.56 Å². The first kappa shape index (κ1) is 11.5. The Morgan fingerprint density at radius 1 is 1.56 bits per heavy atom. The Morgan fingerprint density at radius 3 is 2.81 bits per heavy atom. The molecule has 0 atom stereocenters. The van der Waals surface area contributed by atoms with Crippen LogP contribution in [0.2, 0.25) is 0 Å². The lowest BCUT2D eigenvalue weighted by Gasteiger charge is -2.26. The summed E-state index contributed by atoms with van der Waals surface area (Å²) in [6.07, 6.45) is 0.259. The molecule has 0 unspecified atom stereocenters. The highest BCUT2D eigenvalue weighted by Crippen LogP contribution is 2.15. The first-order chi connectivity index (χ1) is 7.66. The van der Waals surface area contributed by atoms with E-state index in [4.69, 9.17) is 27.4 Å². The first-order valence-corrected chi connectivity index (χ1v) is 5.66. The van der Waals surface area contributed by atoms with Crippen LogP contribution in [0.3, 0.4) is 0 Å². The maximum Gasteiger partial charge on any atom is 0.105 e. The van der Waals surface area contributed by atoms with Gasteiger partial charge in [0.1, 0.15) is 11.1 Å². The number of benzene rings is 1. The van der Waals surface area contributed by atoms with Crippen molar-refractivity contribution in [1.29, 1.82) is 0 Å². The summed E-state index contributed by atoms with van der Waals surface area (Å²) >= 11 is 4.93. The fraction of sp³-hybridized carbons (Fsp3) is 0.417. The van der Waals surface area contributed by atoms with E-state index >= 15 is 0 Å². The molecule has 0 saturated carbocycles. The van der Waals surface area contributed by atoms with E-state index in [0.29, 0.717) is 24.8 Å². The molecule has 1 aliphatic heterocycles. The Balaban J connectivity index is 2.00. The molecule has 16 heavy (non-hydrogen) atoms. The van der Waals surface area contributed by atoms with Crippen LogP contribution in [-0.4, -0.2) is 24.3 Å². The maximum absolute atomic E-state index is 5.66. The molecule has 4 heteroatoms. The average Bonchev–Trinajstić information content (AvgIpc) is 2.17. The molecule has 0 bridgehead atoms. The quantitative estimate of drug-likeness (QED) is 0.807. The molecule has 86 valence electrons. The lowest BCUT2D eigenvalue weighted by molar-refractivity contribution is -0.135. The molecule has 0 radical (unpaired) electrons. The minimum atomic E-state index is 0.259. The van der Waals surface area contributed by atoms with E-state index in [0.717, 1.165) is 11.1 Å². The van der Waals surface area contributed by atoms with Gasteiger partial charge in [0.2, 0.25) is 0 Å². The molecule has 2 rings (SSSR count). The van der Waals surface area contributed by atoms with Crippen molar-refractivity contribution in [2.45, 2.75) is 19.6 Å². The monoisotopic (exact) mass is 237 g/mol. The molecule has 0 aromatic heterocycles. The van der Waals surface area contributed by atoms with Crippen LogP contribution in [0, 0.1) is 6.92 Å². The Bertz CT molecular complexity index is 402. The van der Waals surface area contributed by atoms with E-state index in [2.05, 4.69) is 0 Å². The van der Waals surface area contributed by atoms with Gasteiger partial charge in [-0.1, -0.05) is 24.4 Å². The highest BCUT2D eigenvalue weighted by Gasteiger charge is 2.18. The maximum atomic E-state index is 5.66. The van der Waals surface area contributed by atoms with Crippen LogP contribution in [0.15, 0.2) is 18.2 Å². The Morgan fingerprint density at radius 2 is 2.31 bits per heavy atom. The molecule has 1 aromatic carbocycles. The zero-order chi connectivity index (χ0) is 11.5. The van der Waals surface area contributed by atoms with Crippen molar-refractivity contribution in [3.05, 3.63) is 34.9 Å². The van der Waals surface area contributed by atoms with Gasteiger partial charge in [-0.3, -0.25) is 0 Å². The van der Waals surface area contributed by atoms with Crippen LogP contribution in [-0.2, 0) is 16.1 Å². The Hall–Kier alpha value is -0.970. The second-order valence-corrected chi connectivity index (χ2v) is 4.42. The summed E-state index contributed by atoms with van der Waals surface area (Å²) in [4.78, 5) is 0.433. The molecule has 1 heterocycles. The molecule has 0 spiro atoms. The van der Waals surface area contributed by atoms with E-state index in [9.17, 15) is 0 Å². The fourth-order valence-electron chi connectivity index (χ4n) is 1.53. The smallest absolute Gasteiger partial charge is 0.105 e. The van der Waals surface area contributed by atoms with Crippen molar-refractivity contribution in [3.8, 4) is 0 Å². The normalized spacial score (nSPS) is 15.8. The summed E-state index contributed by atoms with van der Waals surface area (Å²) in [5.74, 6) is 0. The number of nitrogens with two attached hydrogens (primary N) is 1. The van der Waals surface area contributed by atoms with E-state index in [-0.39, 0.29) is 6.10 Å². The minimum absolute atomic E-state index is 0.259. The second-order valence-electron chi connectivity index (χ2n) is 3.98. The van der Waals surface area contributed by atoms with Crippen LogP contribution < -0.4 is 5.73 Å². The lowest BCUT2D eigenvalue weighted by atomic mass is 10.1. The molecule has 1 aliphatic rings. The van der Waals surface area contributed by atoms with Crippen molar-refractivity contribution in [1.82, 2.24) is 0 Å². The van der Waals surface area contributed by atoms with Crippen molar-refractivity contribution in [2.75, 3.05) is 13.2 Å². The Kier molecular flexibility index (Phi) is 3.53. The summed E-state index contributed by atoms with van der Waals surface area (Å²) in [6.45, 7) is 4.09. The number of rotatable bonds is 4. The SMILES string of the molecule is Cc1cc(C(N)=S)ccc1COC1COC1. The highest BCUT2D eigenvalue weighted by atomic mass is 32.1. The Labute approximate surface area is 101 Å². The number of thiocarbonyl (C=S) groups is 1. The molecular formula is C12H15NO2S. The molecule has 1 fully saturated rings. The summed E-state index contributed by atoms with van der Waals surface area (Å²) in [5.41, 5.74) is 8.81. The standard InChI is InChI=1S/C12H15NO2S/c1-8-4-9(12(13)16)2-3-10(8)5-15-11-6-14-7-11/h2-4,11H,5-7H2,1H3,(H2,13,16). The number of aryl methyl sites for hydroxylation is 1. The third-order valence-electron chi connectivity index (χ3n) is 2.71. The van der Waals surface area contributed by atoms with E-state index in [1.54, 1.807) is 0 Å². The highest BCUT2D eigenvalue weighted by molar-refractivity contribution is 7.80. The summed E-state index contributed by atoms with van der Waals surface area (Å²) in [7, 11) is 0. The summed E-state index contributed by atoms with van der Waals surface area (Å²) < 4.78 is 10.7. The van der Waals surface area contributed by atoms with Gasteiger partial charge in [-0.05, 0) is 24.1 Å². The molecule has 1 saturated heterocycles. The van der Waals surface area contributed by atoms with Crippen LogP contribution in [0.25, 0.3) is 0 Å². The van der Waals surface area contributed by atoms with Crippen molar-refractivity contribution in [2.24, 2.45) is 5.73 Å². The number of hydrogen-bond donors (Lipinski definition) is 1. The van der Waals surface area contributed by atoms with Crippen LogP contribution in [0.1, 0.15) is 16.7 Å². The molecule has 2 N–H and O–H groups in total. The largest absolute Gasteiger partial charge is 0.389 e. The van der Waals surface area contributed by atoms with Crippen molar-refractivity contribution in [3.63, 3.8) is 0 Å². The van der Waals surface area contributed by atoms with Gasteiger partial charge < -0.3 is 15.2 Å². The third kappa shape index (κ3) is 2.58. The topological polar surface area (TPSA) is 44.5 Å². The van der Waals surface area contributed by atoms with Gasteiger partial charge in [0.15, 0.2) is 0 Å². The predicted molar refractivity (Wildman–Crippen MR) is 66.5 cm³/mol. The van der Waals surface area contributed by atoms with Gasteiger partial charge in [0, 0.05) is 5.56 Å². The fourth-order valence-corrected chi connectivity index (χ4v) is 1.66. The number of hydrogen-bond acceptors (Lipinski definition) is 3. The first-order valence-electron chi connectivity index (χ1n) is 5.25. The lowest BCUT2D eigenvalue weighted by Crippen LogP contribution is -2.35. The molecule has 0 amide bonds. The molecule has 0 aliphatic carbocycles. The molecule has 1 aromatic rings. The van der Waals surface area contributed by atoms with Crippen molar-refractivity contribution < 1.29 is 9.47 Å². The van der Waals surface area contributed by atoms with Crippen molar-refractivity contribution >= 4 is 17.2 Å². The van der Waals surface area contributed by atoms with Gasteiger partial charge in [0.05, 0.1) is 19.8 Å². The molecule has 3 nitrogen and oxygen atoms in total. The zero-order valence-corrected chi connectivity index (χ0v) is 10.0. The van der Waals surface area contributed by atoms with E-state index < -0.39 is 0 Å². The van der Waals surface area contributed by atoms with Gasteiger partial charge in [-0.25, -0.2) is 0 Å². The van der Waals surface area contributed by atoms with E-state index in [1.807, 2.05) is 25.1 Å². The van der Waals surface area contributed by atoms with Crippen LogP contribution >= 0.6 is 12.2 Å². The zero-order valence-electron chi connectivity index (χ0n) is 9.23.